The van der Waals surface area contributed by atoms with Gasteiger partial charge in [0.05, 0.1) is 16.6 Å². The number of benzene rings is 1. The van der Waals surface area contributed by atoms with Crippen molar-refractivity contribution in [3.05, 3.63) is 48.1 Å². The highest BCUT2D eigenvalue weighted by atomic mass is 19.2. The molecule has 4 nitrogen and oxygen atoms in total. The molecular formula is C14H10F2N2O2. The third-order valence-electron chi connectivity index (χ3n) is 3.23. The number of halogens is 2. The lowest BCUT2D eigenvalue weighted by molar-refractivity contribution is 0.0697. The first-order valence-electron chi connectivity index (χ1n) is 5.97. The van der Waals surface area contributed by atoms with Gasteiger partial charge in [-0.3, -0.25) is 0 Å². The molecule has 6 heteroatoms. The van der Waals surface area contributed by atoms with Gasteiger partial charge in [-0.2, -0.15) is 0 Å². The smallest absolute Gasteiger partial charge is 0.335 e. The van der Waals surface area contributed by atoms with Crippen molar-refractivity contribution in [3.8, 4) is 0 Å². The highest BCUT2D eigenvalue weighted by Crippen LogP contribution is 2.28. The van der Waals surface area contributed by atoms with Gasteiger partial charge in [-0.05, 0) is 30.4 Å². The third-order valence-corrected chi connectivity index (χ3v) is 3.23. The summed E-state index contributed by atoms with van der Waals surface area (Å²) < 4.78 is 28.0. The molecule has 1 atom stereocenters. The van der Waals surface area contributed by atoms with E-state index in [1.165, 1.54) is 24.5 Å². The van der Waals surface area contributed by atoms with Crippen LogP contribution in [-0.2, 0) is 0 Å². The van der Waals surface area contributed by atoms with E-state index in [0.717, 1.165) is 6.08 Å². The Hall–Kier alpha value is -2.50. The Balaban J connectivity index is 2.08. The molecule has 0 saturated carbocycles. The highest BCUT2D eigenvalue weighted by Gasteiger charge is 2.20. The number of carboxylic acid groups (broad SMARTS) is 1. The van der Waals surface area contributed by atoms with E-state index in [4.69, 9.17) is 5.11 Å². The van der Waals surface area contributed by atoms with Gasteiger partial charge in [0.25, 0.3) is 0 Å². The van der Waals surface area contributed by atoms with Crippen molar-refractivity contribution in [1.29, 1.82) is 0 Å². The van der Waals surface area contributed by atoms with Crippen LogP contribution < -0.4 is 0 Å². The van der Waals surface area contributed by atoms with Crippen LogP contribution in [0.1, 0.15) is 16.8 Å². The summed E-state index contributed by atoms with van der Waals surface area (Å²) in [6.45, 7) is 0. The summed E-state index contributed by atoms with van der Waals surface area (Å²) in [5.74, 6) is -1.82. The van der Waals surface area contributed by atoms with Crippen molar-refractivity contribution in [1.82, 2.24) is 9.55 Å². The Bertz CT molecular complexity index is 762. The zero-order valence-electron chi connectivity index (χ0n) is 10.3. The zero-order chi connectivity index (χ0) is 14.3. The van der Waals surface area contributed by atoms with Gasteiger partial charge in [0.2, 0.25) is 0 Å². The molecule has 0 radical (unpaired) electrons. The van der Waals surface area contributed by atoms with E-state index < -0.39 is 18.0 Å². The third kappa shape index (κ3) is 1.99. The number of nitrogens with zero attached hydrogens (tertiary/aromatic N) is 2. The Morgan fingerprint density at radius 3 is 2.90 bits per heavy atom. The van der Waals surface area contributed by atoms with Gasteiger partial charge in [0.1, 0.15) is 12.2 Å². The van der Waals surface area contributed by atoms with Crippen LogP contribution in [0.3, 0.4) is 0 Å². The van der Waals surface area contributed by atoms with Crippen molar-refractivity contribution in [2.24, 2.45) is 0 Å². The summed E-state index contributed by atoms with van der Waals surface area (Å²) in [6, 6.07) is 4.50. The number of rotatable bonds is 2. The molecule has 20 heavy (non-hydrogen) atoms. The topological polar surface area (TPSA) is 55.1 Å². The van der Waals surface area contributed by atoms with Crippen LogP contribution in [-0.4, -0.2) is 26.8 Å². The normalized spacial score (nSPS) is 18.8. The molecule has 1 aromatic heterocycles. The van der Waals surface area contributed by atoms with Crippen LogP contribution in [0.15, 0.2) is 42.5 Å². The van der Waals surface area contributed by atoms with Gasteiger partial charge in [-0.25, -0.2) is 18.6 Å². The first-order chi connectivity index (χ1) is 9.56. The second-order valence-corrected chi connectivity index (χ2v) is 4.50. The molecule has 1 heterocycles. The average molecular weight is 276 g/mol. The van der Waals surface area contributed by atoms with Crippen LogP contribution in [0.2, 0.25) is 0 Å². The number of carboxylic acids is 1. The highest BCUT2D eigenvalue weighted by molar-refractivity contribution is 5.93. The predicted molar refractivity (Wildman–Crippen MR) is 69.7 cm³/mol. The minimum Gasteiger partial charge on any atom is -0.478 e. The summed E-state index contributed by atoms with van der Waals surface area (Å²) in [4.78, 5) is 15.0. The lowest BCUT2D eigenvalue weighted by atomic mass is 10.1. The largest absolute Gasteiger partial charge is 0.478 e. The van der Waals surface area contributed by atoms with E-state index in [9.17, 15) is 13.6 Å². The standard InChI is InChI=1S/C14H10F2N2O2/c15-10-3-2-9(6-11(10)16)18-7-17-12-5-8(14(19)20)1-4-13(12)18/h1-5,7,11H,6H2,(H,19,20). The summed E-state index contributed by atoms with van der Waals surface area (Å²) >= 11 is 0. The second-order valence-electron chi connectivity index (χ2n) is 4.50. The number of fused-ring (bicyclic) bond motifs is 1. The molecule has 3 rings (SSSR count). The Labute approximate surface area is 112 Å². The van der Waals surface area contributed by atoms with Crippen molar-refractivity contribution in [2.75, 3.05) is 0 Å². The van der Waals surface area contributed by atoms with E-state index in [2.05, 4.69) is 4.98 Å². The van der Waals surface area contributed by atoms with Crippen LogP contribution in [0.25, 0.3) is 16.7 Å². The summed E-state index contributed by atoms with van der Waals surface area (Å²) in [5.41, 5.74) is 1.86. The molecule has 1 N–H and O–H groups in total. The van der Waals surface area contributed by atoms with Gasteiger partial charge >= 0.3 is 5.97 Å². The molecule has 0 bridgehead atoms. The molecule has 1 aliphatic rings. The summed E-state index contributed by atoms with van der Waals surface area (Å²) in [6.07, 6.45) is 2.35. The molecule has 0 spiro atoms. The number of hydrogen-bond donors (Lipinski definition) is 1. The van der Waals surface area contributed by atoms with E-state index in [-0.39, 0.29) is 12.0 Å². The number of alkyl halides is 1. The van der Waals surface area contributed by atoms with Crippen molar-refractivity contribution in [3.63, 3.8) is 0 Å². The first-order valence-corrected chi connectivity index (χ1v) is 5.97. The molecule has 0 fully saturated rings. The molecule has 1 unspecified atom stereocenters. The molecule has 1 aliphatic carbocycles. The van der Waals surface area contributed by atoms with Gasteiger partial charge in [0, 0.05) is 12.1 Å². The predicted octanol–water partition coefficient (Wildman–Crippen LogP) is 3.17. The van der Waals surface area contributed by atoms with Crippen molar-refractivity contribution < 1.29 is 18.7 Å². The van der Waals surface area contributed by atoms with Gasteiger partial charge in [-0.1, -0.05) is 0 Å². The summed E-state index contributed by atoms with van der Waals surface area (Å²) in [5, 5.41) is 8.92. The average Bonchev–Trinajstić information content (AvgIpc) is 2.84. The molecule has 2 aromatic rings. The van der Waals surface area contributed by atoms with Crippen molar-refractivity contribution in [2.45, 2.75) is 12.6 Å². The fourth-order valence-electron chi connectivity index (χ4n) is 2.18. The minimum absolute atomic E-state index is 0.0749. The van der Waals surface area contributed by atoms with Crippen LogP contribution in [0, 0.1) is 0 Å². The number of carbonyl (C=O) groups is 1. The van der Waals surface area contributed by atoms with Crippen LogP contribution >= 0.6 is 0 Å². The summed E-state index contributed by atoms with van der Waals surface area (Å²) in [7, 11) is 0. The van der Waals surface area contributed by atoms with Gasteiger partial charge in [0.15, 0.2) is 6.17 Å². The first kappa shape index (κ1) is 12.5. The number of aromatic carboxylic acids is 1. The van der Waals surface area contributed by atoms with E-state index >= 15 is 0 Å². The van der Waals surface area contributed by atoms with E-state index in [1.807, 2.05) is 0 Å². The molecule has 0 amide bonds. The second kappa shape index (κ2) is 4.56. The van der Waals surface area contributed by atoms with Gasteiger partial charge in [-0.15, -0.1) is 0 Å². The lowest BCUT2D eigenvalue weighted by Gasteiger charge is -2.15. The van der Waals surface area contributed by atoms with Crippen molar-refractivity contribution >= 4 is 22.7 Å². The van der Waals surface area contributed by atoms with E-state index in [0.29, 0.717) is 16.7 Å². The maximum atomic E-state index is 13.4. The molecule has 0 saturated heterocycles. The van der Waals surface area contributed by atoms with Gasteiger partial charge < -0.3 is 9.67 Å². The molecule has 0 aliphatic heterocycles. The molecular weight excluding hydrogens is 266 g/mol. The Morgan fingerprint density at radius 1 is 1.40 bits per heavy atom. The molecule has 102 valence electrons. The molecule has 1 aromatic carbocycles. The SMILES string of the molecule is O=C(O)c1ccc2c(c1)ncn2C1=CC=C(F)C(F)C1. The lowest BCUT2D eigenvalue weighted by Crippen LogP contribution is -2.09. The zero-order valence-corrected chi connectivity index (χ0v) is 10.3. The Morgan fingerprint density at radius 2 is 2.20 bits per heavy atom. The number of hydrogen-bond acceptors (Lipinski definition) is 2. The number of allylic oxidation sites excluding steroid dienone is 4. The number of aromatic nitrogens is 2. The maximum Gasteiger partial charge on any atom is 0.335 e. The van der Waals surface area contributed by atoms with Crippen LogP contribution in [0.5, 0.6) is 0 Å². The monoisotopic (exact) mass is 276 g/mol. The quantitative estimate of drug-likeness (QED) is 0.916. The number of imidazole rings is 1. The fourth-order valence-corrected chi connectivity index (χ4v) is 2.18. The Kier molecular flexibility index (Phi) is 2.85. The minimum atomic E-state index is -1.65. The fraction of sp³-hybridized carbons (Fsp3) is 0.143. The van der Waals surface area contributed by atoms with Crippen LogP contribution in [0.4, 0.5) is 8.78 Å². The van der Waals surface area contributed by atoms with E-state index in [1.54, 1.807) is 10.6 Å². The maximum absolute atomic E-state index is 13.4.